The first kappa shape index (κ1) is 24.8. The predicted octanol–water partition coefficient (Wildman–Crippen LogP) is 5.68. The molecule has 0 radical (unpaired) electrons. The van der Waals surface area contributed by atoms with Gasteiger partial charge in [0.2, 0.25) is 9.84 Å². The van der Waals surface area contributed by atoms with Gasteiger partial charge >= 0.3 is 12.4 Å². The van der Waals surface area contributed by atoms with Crippen LogP contribution in [0.1, 0.15) is 27.0 Å². The molecule has 0 spiro atoms. The molecule has 0 saturated carbocycles. The van der Waals surface area contributed by atoms with Crippen molar-refractivity contribution < 1.29 is 39.6 Å². The van der Waals surface area contributed by atoms with Gasteiger partial charge in [0.15, 0.2) is 0 Å². The zero-order valence-corrected chi connectivity index (χ0v) is 17.5. The highest BCUT2D eigenvalue weighted by molar-refractivity contribution is 7.91. The average Bonchev–Trinajstić information content (AvgIpc) is 2.78. The van der Waals surface area contributed by atoms with Crippen molar-refractivity contribution in [2.45, 2.75) is 22.1 Å². The summed E-state index contributed by atoms with van der Waals surface area (Å²) in [5.41, 5.74) is -3.40. The molecule has 34 heavy (non-hydrogen) atoms. The lowest BCUT2D eigenvalue weighted by Crippen LogP contribution is -2.14. The predicted molar refractivity (Wildman–Crippen MR) is 107 cm³/mol. The second kappa shape index (κ2) is 8.83. The van der Waals surface area contributed by atoms with Crippen LogP contribution in [0.15, 0.2) is 76.5 Å². The Balaban J connectivity index is 1.85. The first-order valence-electron chi connectivity index (χ1n) is 9.18. The highest BCUT2D eigenvalue weighted by atomic mass is 32.2. The van der Waals surface area contributed by atoms with Gasteiger partial charge in [0.05, 0.1) is 32.6 Å². The number of halogens is 6. The third kappa shape index (κ3) is 5.20. The van der Waals surface area contributed by atoms with Crippen molar-refractivity contribution in [3.05, 3.63) is 89.0 Å². The quantitative estimate of drug-likeness (QED) is 0.469. The lowest BCUT2D eigenvalue weighted by molar-refractivity contribution is -0.138. The Hall–Kier alpha value is -3.85. The van der Waals surface area contributed by atoms with Crippen molar-refractivity contribution >= 4 is 21.4 Å². The molecule has 0 saturated heterocycles. The summed E-state index contributed by atoms with van der Waals surface area (Å²) < 4.78 is 103. The van der Waals surface area contributed by atoms with E-state index in [9.17, 15) is 39.6 Å². The summed E-state index contributed by atoms with van der Waals surface area (Å²) in [4.78, 5) is 11.4. The van der Waals surface area contributed by atoms with Gasteiger partial charge in [-0.3, -0.25) is 4.79 Å². The fraction of sp³-hybridized carbons (Fsp3) is 0.0909. The molecule has 12 heteroatoms. The third-order valence-corrected chi connectivity index (χ3v) is 6.37. The van der Waals surface area contributed by atoms with Gasteiger partial charge in [-0.15, -0.1) is 0 Å². The number of hydrogen-bond donors (Lipinski definition) is 1. The van der Waals surface area contributed by atoms with E-state index in [1.807, 2.05) is 0 Å². The molecular formula is C22H12F6N2O3S. The van der Waals surface area contributed by atoms with Gasteiger partial charge in [0, 0.05) is 11.3 Å². The minimum absolute atomic E-state index is 0.124. The fourth-order valence-corrected chi connectivity index (χ4v) is 4.22. The first-order chi connectivity index (χ1) is 15.7. The maximum Gasteiger partial charge on any atom is 0.417 e. The molecule has 0 aliphatic heterocycles. The van der Waals surface area contributed by atoms with Crippen molar-refractivity contribution in [3.8, 4) is 6.07 Å². The van der Waals surface area contributed by atoms with Crippen molar-refractivity contribution in [1.29, 1.82) is 5.26 Å². The van der Waals surface area contributed by atoms with Crippen LogP contribution in [-0.4, -0.2) is 14.3 Å². The monoisotopic (exact) mass is 498 g/mol. The Morgan fingerprint density at radius 3 is 2.03 bits per heavy atom. The molecule has 3 aromatic rings. The van der Waals surface area contributed by atoms with Gasteiger partial charge in [-0.05, 0) is 60.7 Å². The van der Waals surface area contributed by atoms with Gasteiger partial charge in [-0.2, -0.15) is 31.6 Å². The Morgan fingerprint density at radius 2 is 1.47 bits per heavy atom. The standard InChI is InChI=1S/C22H12F6N2O3S/c23-21(24,25)15-2-1-3-18(10-15)34(32,33)17-8-5-13(6-9-17)20(31)30-16-7-4-14(12-29)19(11-16)22(26,27)28/h1-11H,(H,30,31). The Bertz CT molecular complexity index is 1390. The highest BCUT2D eigenvalue weighted by Crippen LogP contribution is 2.34. The van der Waals surface area contributed by atoms with Crippen LogP contribution >= 0.6 is 0 Å². The van der Waals surface area contributed by atoms with E-state index >= 15 is 0 Å². The van der Waals surface area contributed by atoms with Crippen LogP contribution in [0.4, 0.5) is 32.0 Å². The van der Waals surface area contributed by atoms with Crippen molar-refractivity contribution in [3.63, 3.8) is 0 Å². The molecule has 0 fully saturated rings. The zero-order chi connectivity index (χ0) is 25.3. The topological polar surface area (TPSA) is 87.0 Å². The maximum absolute atomic E-state index is 13.1. The van der Waals surface area contributed by atoms with Crippen molar-refractivity contribution in [1.82, 2.24) is 0 Å². The number of nitrogens with zero attached hydrogens (tertiary/aromatic N) is 1. The molecule has 0 aliphatic rings. The van der Waals surface area contributed by atoms with E-state index in [2.05, 4.69) is 5.32 Å². The van der Waals surface area contributed by atoms with E-state index in [1.54, 1.807) is 0 Å². The van der Waals surface area contributed by atoms with E-state index < -0.39 is 49.7 Å². The molecule has 3 rings (SSSR count). The number of benzene rings is 3. The number of nitriles is 1. The largest absolute Gasteiger partial charge is 0.417 e. The third-order valence-electron chi connectivity index (χ3n) is 4.60. The van der Waals surface area contributed by atoms with E-state index in [1.165, 1.54) is 6.07 Å². The van der Waals surface area contributed by atoms with E-state index in [4.69, 9.17) is 5.26 Å². The zero-order valence-electron chi connectivity index (χ0n) is 16.7. The van der Waals surface area contributed by atoms with Crippen LogP contribution in [0.3, 0.4) is 0 Å². The molecule has 0 atom stereocenters. The Labute approximate surface area is 189 Å². The Morgan fingerprint density at radius 1 is 0.824 bits per heavy atom. The van der Waals surface area contributed by atoms with Crippen molar-refractivity contribution in [2.75, 3.05) is 5.32 Å². The number of hydrogen-bond acceptors (Lipinski definition) is 4. The highest BCUT2D eigenvalue weighted by Gasteiger charge is 2.34. The van der Waals surface area contributed by atoms with Crippen LogP contribution in [0.25, 0.3) is 0 Å². The summed E-state index contributed by atoms with van der Waals surface area (Å²) in [7, 11) is -4.34. The Kier molecular flexibility index (Phi) is 6.44. The molecule has 176 valence electrons. The molecular weight excluding hydrogens is 486 g/mol. The van der Waals surface area contributed by atoms with Crippen LogP contribution in [0, 0.1) is 11.3 Å². The molecule has 0 aromatic heterocycles. The van der Waals surface area contributed by atoms with E-state index in [0.29, 0.717) is 12.1 Å². The SMILES string of the molecule is N#Cc1ccc(NC(=O)c2ccc(S(=O)(=O)c3cccc(C(F)(F)F)c3)cc2)cc1C(F)(F)F. The molecule has 1 amide bonds. The van der Waals surface area contributed by atoms with Gasteiger partial charge < -0.3 is 5.32 Å². The van der Waals surface area contributed by atoms with E-state index in [-0.39, 0.29) is 16.1 Å². The average molecular weight is 498 g/mol. The van der Waals surface area contributed by atoms with Crippen LogP contribution in [-0.2, 0) is 22.2 Å². The fourth-order valence-electron chi connectivity index (χ4n) is 2.92. The smallest absolute Gasteiger partial charge is 0.322 e. The minimum atomic E-state index is -4.83. The van der Waals surface area contributed by atoms with Gasteiger partial charge in [-0.1, -0.05) is 6.07 Å². The van der Waals surface area contributed by atoms with Crippen LogP contribution < -0.4 is 5.32 Å². The summed E-state index contributed by atoms with van der Waals surface area (Å²) in [5.74, 6) is -0.874. The van der Waals surface area contributed by atoms with Gasteiger partial charge in [-0.25, -0.2) is 8.42 Å². The summed E-state index contributed by atoms with van der Waals surface area (Å²) >= 11 is 0. The van der Waals surface area contributed by atoms with Gasteiger partial charge in [0.1, 0.15) is 0 Å². The first-order valence-corrected chi connectivity index (χ1v) is 10.7. The summed E-state index contributed by atoms with van der Waals surface area (Å²) in [5, 5.41) is 11.0. The lowest BCUT2D eigenvalue weighted by atomic mass is 10.1. The normalized spacial score (nSPS) is 12.1. The second-order valence-corrected chi connectivity index (χ2v) is 8.83. The minimum Gasteiger partial charge on any atom is -0.322 e. The van der Waals surface area contributed by atoms with Crippen molar-refractivity contribution in [2.24, 2.45) is 0 Å². The second-order valence-electron chi connectivity index (χ2n) is 6.88. The number of anilines is 1. The number of rotatable bonds is 4. The number of carbonyl (C=O) groups is 1. The molecule has 1 N–H and O–H groups in total. The van der Waals surface area contributed by atoms with E-state index in [0.717, 1.165) is 54.6 Å². The number of alkyl halides is 6. The molecule has 0 heterocycles. The number of amides is 1. The number of nitrogens with one attached hydrogen (secondary N) is 1. The molecule has 0 bridgehead atoms. The molecule has 0 aliphatic carbocycles. The summed E-state index contributed by atoms with van der Waals surface area (Å²) in [6, 6.07) is 11.2. The molecule has 0 unspecified atom stereocenters. The number of sulfone groups is 1. The molecule has 3 aromatic carbocycles. The summed E-state index contributed by atoms with van der Waals surface area (Å²) in [6.07, 6.45) is -9.57. The number of carbonyl (C=O) groups excluding carboxylic acids is 1. The molecule has 5 nitrogen and oxygen atoms in total. The maximum atomic E-state index is 13.1. The van der Waals surface area contributed by atoms with Crippen LogP contribution in [0.5, 0.6) is 0 Å². The van der Waals surface area contributed by atoms with Gasteiger partial charge in [0.25, 0.3) is 5.91 Å². The lowest BCUT2D eigenvalue weighted by Gasteiger charge is -2.12. The summed E-state index contributed by atoms with van der Waals surface area (Å²) in [6.45, 7) is 0. The van der Waals surface area contributed by atoms with Crippen LogP contribution in [0.2, 0.25) is 0 Å².